The number of aromatic nitrogens is 3. The zero-order valence-electron chi connectivity index (χ0n) is 16.8. The molecule has 1 aliphatic heterocycles. The molecular weight excluding hydrogens is 425 g/mol. The molecule has 1 aliphatic rings. The lowest BCUT2D eigenvalue weighted by Crippen LogP contribution is -2.49. The Morgan fingerprint density at radius 3 is 2.41 bits per heavy atom. The van der Waals surface area contributed by atoms with E-state index in [4.69, 9.17) is 0 Å². The van der Waals surface area contributed by atoms with Crippen LogP contribution in [0.2, 0.25) is 0 Å². The van der Waals surface area contributed by atoms with Gasteiger partial charge in [-0.05, 0) is 36.4 Å². The van der Waals surface area contributed by atoms with Gasteiger partial charge in [-0.1, -0.05) is 12.1 Å². The molecule has 0 spiro atoms. The molecular formula is C21H19F3N6O2. The predicted molar refractivity (Wildman–Crippen MR) is 111 cm³/mol. The lowest BCUT2D eigenvalue weighted by atomic mass is 10.1. The summed E-state index contributed by atoms with van der Waals surface area (Å²) in [5.74, 6) is 0.202. The maximum absolute atomic E-state index is 12.8. The number of nitrogens with zero attached hydrogens (tertiary/aromatic N) is 5. The number of rotatable bonds is 5. The third kappa shape index (κ3) is 5.23. The van der Waals surface area contributed by atoms with Crippen molar-refractivity contribution in [1.29, 1.82) is 0 Å². The maximum atomic E-state index is 12.8. The Bertz CT molecular complexity index is 1060. The second-order valence-electron chi connectivity index (χ2n) is 6.97. The van der Waals surface area contributed by atoms with Crippen LogP contribution in [0.5, 0.6) is 5.75 Å². The van der Waals surface area contributed by atoms with Gasteiger partial charge in [0.05, 0.1) is 17.4 Å². The first kappa shape index (κ1) is 21.3. The zero-order chi connectivity index (χ0) is 22.6. The van der Waals surface area contributed by atoms with Crippen LogP contribution in [0.4, 0.5) is 30.5 Å². The summed E-state index contributed by atoms with van der Waals surface area (Å²) in [7, 11) is 0. The van der Waals surface area contributed by atoms with Gasteiger partial charge in [0, 0.05) is 32.4 Å². The molecule has 3 heterocycles. The minimum absolute atomic E-state index is 0.121. The number of amides is 1. The van der Waals surface area contributed by atoms with Gasteiger partial charge in [0.15, 0.2) is 11.6 Å². The minimum atomic E-state index is -4.87. The van der Waals surface area contributed by atoms with Crippen molar-refractivity contribution in [3.63, 3.8) is 0 Å². The van der Waals surface area contributed by atoms with E-state index in [2.05, 4.69) is 25.2 Å². The van der Waals surface area contributed by atoms with Crippen LogP contribution >= 0.6 is 0 Å². The van der Waals surface area contributed by atoms with Gasteiger partial charge in [0.2, 0.25) is 0 Å². The van der Waals surface area contributed by atoms with Crippen molar-refractivity contribution < 1.29 is 22.7 Å². The number of hydrogen-bond donors (Lipinski definition) is 1. The number of hydrogen-bond acceptors (Lipinski definition) is 7. The normalized spacial score (nSPS) is 14.2. The molecule has 1 fully saturated rings. The van der Waals surface area contributed by atoms with Crippen LogP contribution in [0.15, 0.2) is 60.9 Å². The summed E-state index contributed by atoms with van der Waals surface area (Å²) in [6, 6.07) is 12.6. The molecule has 0 bridgehead atoms. The van der Waals surface area contributed by atoms with Crippen molar-refractivity contribution in [2.24, 2.45) is 0 Å². The van der Waals surface area contributed by atoms with Gasteiger partial charge in [-0.25, -0.2) is 0 Å². The number of halogens is 3. The molecule has 2 aromatic heterocycles. The van der Waals surface area contributed by atoms with E-state index in [9.17, 15) is 18.0 Å². The molecule has 1 amide bonds. The molecule has 3 aromatic rings. The molecule has 11 heteroatoms. The molecule has 0 atom stereocenters. The number of pyridine rings is 1. The fraction of sp³-hybridized carbons (Fsp3) is 0.238. The number of piperazine rings is 1. The monoisotopic (exact) mass is 444 g/mol. The number of anilines is 3. The predicted octanol–water partition coefficient (Wildman–Crippen LogP) is 3.48. The van der Waals surface area contributed by atoms with Crippen molar-refractivity contribution in [3.8, 4) is 5.75 Å². The number of ether oxygens (including phenoxy) is 1. The first-order chi connectivity index (χ1) is 15.4. The van der Waals surface area contributed by atoms with E-state index in [0.717, 1.165) is 11.8 Å². The smallest absolute Gasteiger partial charge is 0.405 e. The number of carbonyl (C=O) groups is 1. The number of para-hydroxylation sites is 1. The van der Waals surface area contributed by atoms with Gasteiger partial charge in [0.1, 0.15) is 5.75 Å². The van der Waals surface area contributed by atoms with Crippen LogP contribution in [-0.2, 0) is 0 Å². The summed E-state index contributed by atoms with van der Waals surface area (Å²) in [6.45, 7) is 1.60. The molecule has 0 unspecified atom stereocenters. The largest absolute Gasteiger partial charge is 0.573 e. The van der Waals surface area contributed by atoms with E-state index in [0.29, 0.717) is 37.8 Å². The van der Waals surface area contributed by atoms with Crippen LogP contribution in [0.25, 0.3) is 0 Å². The average Bonchev–Trinajstić information content (AvgIpc) is 2.79. The molecule has 4 rings (SSSR count). The summed E-state index contributed by atoms with van der Waals surface area (Å²) in [5, 5.41) is 11.5. The van der Waals surface area contributed by atoms with Gasteiger partial charge >= 0.3 is 6.36 Å². The number of nitrogens with one attached hydrogen (secondary N) is 1. The Morgan fingerprint density at radius 1 is 0.969 bits per heavy atom. The van der Waals surface area contributed by atoms with Crippen molar-refractivity contribution in [2.75, 3.05) is 36.4 Å². The van der Waals surface area contributed by atoms with Crippen molar-refractivity contribution in [1.82, 2.24) is 20.1 Å². The van der Waals surface area contributed by atoms with E-state index in [1.54, 1.807) is 24.5 Å². The zero-order valence-corrected chi connectivity index (χ0v) is 16.8. The van der Waals surface area contributed by atoms with E-state index in [-0.39, 0.29) is 5.56 Å². The summed E-state index contributed by atoms with van der Waals surface area (Å²) in [4.78, 5) is 20.3. The summed E-state index contributed by atoms with van der Waals surface area (Å²) in [6.07, 6.45) is -1.53. The van der Waals surface area contributed by atoms with E-state index in [1.165, 1.54) is 23.1 Å². The third-order valence-corrected chi connectivity index (χ3v) is 4.82. The number of carbonyl (C=O) groups excluding carboxylic acids is 1. The van der Waals surface area contributed by atoms with Gasteiger partial charge in [-0.15, -0.1) is 23.4 Å². The first-order valence-corrected chi connectivity index (χ1v) is 9.79. The SMILES string of the molecule is O=C(c1ccccc1OC(F)(F)F)N1CCN(c2ccc(Nc3cccnc3)nn2)CC1. The Balaban J connectivity index is 1.37. The lowest BCUT2D eigenvalue weighted by molar-refractivity contribution is -0.274. The molecule has 1 N–H and O–H groups in total. The Labute approximate surface area is 181 Å². The standard InChI is InChI=1S/C21H19F3N6O2/c22-21(23,24)32-17-6-2-1-5-16(17)20(31)30-12-10-29(11-13-30)19-8-7-18(27-28-19)26-15-4-3-9-25-14-15/h1-9,14H,10-13H2,(H,26,27). The van der Waals surface area contributed by atoms with Crippen molar-refractivity contribution in [3.05, 3.63) is 66.5 Å². The number of benzene rings is 1. The molecule has 166 valence electrons. The fourth-order valence-corrected chi connectivity index (χ4v) is 3.31. The topological polar surface area (TPSA) is 83.5 Å². The average molecular weight is 444 g/mol. The van der Waals surface area contributed by atoms with Crippen LogP contribution in [0.1, 0.15) is 10.4 Å². The highest BCUT2D eigenvalue weighted by Crippen LogP contribution is 2.27. The minimum Gasteiger partial charge on any atom is -0.405 e. The van der Waals surface area contributed by atoms with Crippen LogP contribution in [0.3, 0.4) is 0 Å². The van der Waals surface area contributed by atoms with Gasteiger partial charge in [-0.3, -0.25) is 9.78 Å². The Hall–Kier alpha value is -3.89. The van der Waals surface area contributed by atoms with Gasteiger partial charge < -0.3 is 19.9 Å². The molecule has 8 nitrogen and oxygen atoms in total. The third-order valence-electron chi connectivity index (χ3n) is 4.82. The van der Waals surface area contributed by atoms with Crippen LogP contribution in [-0.4, -0.2) is 58.5 Å². The van der Waals surface area contributed by atoms with Crippen LogP contribution in [0, 0.1) is 0 Å². The summed E-state index contributed by atoms with van der Waals surface area (Å²) < 4.78 is 41.9. The van der Waals surface area contributed by atoms with Gasteiger partial charge in [-0.2, -0.15) is 0 Å². The summed E-state index contributed by atoms with van der Waals surface area (Å²) >= 11 is 0. The molecule has 0 radical (unpaired) electrons. The fourth-order valence-electron chi connectivity index (χ4n) is 3.31. The van der Waals surface area contributed by atoms with Gasteiger partial charge in [0.25, 0.3) is 5.91 Å². The first-order valence-electron chi connectivity index (χ1n) is 9.79. The van der Waals surface area contributed by atoms with E-state index >= 15 is 0 Å². The molecule has 0 saturated carbocycles. The summed E-state index contributed by atoms with van der Waals surface area (Å²) in [5.41, 5.74) is 0.667. The van der Waals surface area contributed by atoms with Crippen molar-refractivity contribution >= 4 is 23.2 Å². The van der Waals surface area contributed by atoms with Crippen LogP contribution < -0.4 is 15.0 Å². The highest BCUT2D eigenvalue weighted by Gasteiger charge is 2.34. The molecule has 1 saturated heterocycles. The molecule has 0 aliphatic carbocycles. The quantitative estimate of drug-likeness (QED) is 0.645. The highest BCUT2D eigenvalue weighted by atomic mass is 19.4. The second-order valence-corrected chi connectivity index (χ2v) is 6.97. The van der Waals surface area contributed by atoms with E-state index < -0.39 is 18.0 Å². The Morgan fingerprint density at radius 2 is 1.75 bits per heavy atom. The van der Waals surface area contributed by atoms with E-state index in [1.807, 2.05) is 17.0 Å². The highest BCUT2D eigenvalue weighted by molar-refractivity contribution is 5.97. The Kier molecular flexibility index (Phi) is 6.06. The number of alkyl halides is 3. The second kappa shape index (κ2) is 9.08. The molecule has 1 aromatic carbocycles. The lowest BCUT2D eigenvalue weighted by Gasteiger charge is -2.35. The van der Waals surface area contributed by atoms with Crippen molar-refractivity contribution in [2.45, 2.75) is 6.36 Å². The molecule has 32 heavy (non-hydrogen) atoms. The maximum Gasteiger partial charge on any atom is 0.573 e.